The van der Waals surface area contributed by atoms with Crippen LogP contribution in [-0.4, -0.2) is 37.1 Å². The van der Waals surface area contributed by atoms with Gasteiger partial charge in [0.1, 0.15) is 5.69 Å². The van der Waals surface area contributed by atoms with Crippen molar-refractivity contribution < 1.29 is 13.3 Å². The fraction of sp³-hybridized carbons (Fsp3) is 0.429. The van der Waals surface area contributed by atoms with Gasteiger partial charge in [-0.05, 0) is 49.6 Å². The van der Waals surface area contributed by atoms with Crippen LogP contribution in [0.25, 0.3) is 0 Å². The SMILES string of the molecule is CC1CCCCN1Cc1ccccc1CNc1ccc(S(C)(=O)=O)cc1[N+](=O)[O-]. The summed E-state index contributed by atoms with van der Waals surface area (Å²) in [7, 11) is -3.51. The lowest BCUT2D eigenvalue weighted by Crippen LogP contribution is -2.37. The van der Waals surface area contributed by atoms with Gasteiger partial charge in [-0.3, -0.25) is 15.0 Å². The van der Waals surface area contributed by atoms with Gasteiger partial charge >= 0.3 is 0 Å². The first-order valence-corrected chi connectivity index (χ1v) is 11.7. The summed E-state index contributed by atoms with van der Waals surface area (Å²) in [5.74, 6) is 0. The Morgan fingerprint density at radius 1 is 1.17 bits per heavy atom. The minimum atomic E-state index is -3.51. The molecular weight excluding hydrogens is 390 g/mol. The van der Waals surface area contributed by atoms with Crippen molar-refractivity contribution in [2.24, 2.45) is 0 Å². The molecule has 1 unspecified atom stereocenters. The van der Waals surface area contributed by atoms with Crippen LogP contribution in [-0.2, 0) is 22.9 Å². The first-order chi connectivity index (χ1) is 13.8. The molecule has 1 atom stereocenters. The molecule has 29 heavy (non-hydrogen) atoms. The van der Waals surface area contributed by atoms with E-state index in [1.807, 2.05) is 18.2 Å². The van der Waals surface area contributed by atoms with E-state index in [9.17, 15) is 18.5 Å². The summed E-state index contributed by atoms with van der Waals surface area (Å²) >= 11 is 0. The van der Waals surface area contributed by atoms with E-state index in [4.69, 9.17) is 0 Å². The minimum absolute atomic E-state index is 0.0609. The molecule has 1 saturated heterocycles. The Morgan fingerprint density at radius 2 is 1.90 bits per heavy atom. The third-order valence-corrected chi connectivity index (χ3v) is 6.61. The van der Waals surface area contributed by atoms with Crippen LogP contribution in [0, 0.1) is 10.1 Å². The Morgan fingerprint density at radius 3 is 2.55 bits per heavy atom. The Bertz CT molecular complexity index is 991. The maximum absolute atomic E-state index is 11.7. The standard InChI is InChI=1S/C21H27N3O4S/c1-16-7-5-6-12-23(16)15-18-9-4-3-8-17(18)14-22-20-11-10-19(29(2,27)28)13-21(20)24(25)26/h3-4,8-11,13,16,22H,5-7,12,14-15H2,1-2H3. The number of hydrogen-bond acceptors (Lipinski definition) is 6. The van der Waals surface area contributed by atoms with E-state index in [1.165, 1.54) is 37.0 Å². The molecule has 0 bridgehead atoms. The Labute approximate surface area is 171 Å². The number of sulfone groups is 1. The molecule has 0 aromatic heterocycles. The summed E-state index contributed by atoms with van der Waals surface area (Å²) in [5, 5.41) is 14.6. The second-order valence-electron chi connectivity index (χ2n) is 7.65. The van der Waals surface area contributed by atoms with Crippen LogP contribution in [0.1, 0.15) is 37.3 Å². The number of nitro groups is 1. The first kappa shape index (κ1) is 21.3. The molecule has 0 aliphatic carbocycles. The molecule has 0 spiro atoms. The zero-order valence-electron chi connectivity index (χ0n) is 16.8. The van der Waals surface area contributed by atoms with E-state index < -0.39 is 14.8 Å². The second kappa shape index (κ2) is 8.92. The van der Waals surface area contributed by atoms with Crippen molar-refractivity contribution in [3.05, 3.63) is 63.7 Å². The van der Waals surface area contributed by atoms with Gasteiger partial charge in [-0.25, -0.2) is 8.42 Å². The number of piperidine rings is 1. The lowest BCUT2D eigenvalue weighted by Gasteiger charge is -2.33. The highest BCUT2D eigenvalue weighted by atomic mass is 32.2. The summed E-state index contributed by atoms with van der Waals surface area (Å²) < 4.78 is 23.4. The van der Waals surface area contributed by atoms with Gasteiger partial charge in [-0.15, -0.1) is 0 Å². The number of benzene rings is 2. The molecule has 2 aromatic carbocycles. The fourth-order valence-corrected chi connectivity index (χ4v) is 4.37. The topological polar surface area (TPSA) is 92.6 Å². The number of nitro benzene ring substituents is 1. The summed E-state index contributed by atoms with van der Waals surface area (Å²) in [6, 6.07) is 12.6. The van der Waals surface area contributed by atoms with Gasteiger partial charge in [0.05, 0.1) is 9.82 Å². The van der Waals surface area contributed by atoms with Gasteiger partial charge in [0.25, 0.3) is 5.69 Å². The molecular formula is C21H27N3O4S. The number of nitrogens with zero attached hydrogens (tertiary/aromatic N) is 2. The van der Waals surface area contributed by atoms with Crippen molar-refractivity contribution in [3.63, 3.8) is 0 Å². The molecule has 3 rings (SSSR count). The van der Waals surface area contributed by atoms with E-state index in [-0.39, 0.29) is 10.6 Å². The van der Waals surface area contributed by atoms with E-state index in [1.54, 1.807) is 0 Å². The normalized spacial score (nSPS) is 17.8. The summed E-state index contributed by atoms with van der Waals surface area (Å²) in [4.78, 5) is 13.3. The Kier molecular flexibility index (Phi) is 6.54. The van der Waals surface area contributed by atoms with Crippen LogP contribution in [0.5, 0.6) is 0 Å². The molecule has 0 radical (unpaired) electrons. The van der Waals surface area contributed by atoms with E-state index in [0.717, 1.165) is 31.0 Å². The highest BCUT2D eigenvalue weighted by Crippen LogP contribution is 2.28. The van der Waals surface area contributed by atoms with Crippen LogP contribution in [0.4, 0.5) is 11.4 Å². The van der Waals surface area contributed by atoms with Gasteiger partial charge in [0.2, 0.25) is 0 Å². The molecule has 1 heterocycles. The number of likely N-dealkylation sites (tertiary alicyclic amines) is 1. The second-order valence-corrected chi connectivity index (χ2v) is 9.66. The van der Waals surface area contributed by atoms with E-state index >= 15 is 0 Å². The molecule has 0 amide bonds. The minimum Gasteiger partial charge on any atom is -0.375 e. The predicted octanol–water partition coefficient (Wildman–Crippen LogP) is 3.98. The molecule has 7 nitrogen and oxygen atoms in total. The molecule has 1 fully saturated rings. The number of hydrogen-bond donors (Lipinski definition) is 1. The first-order valence-electron chi connectivity index (χ1n) is 9.79. The van der Waals surface area contributed by atoms with Crippen molar-refractivity contribution in [1.82, 2.24) is 4.90 Å². The third kappa shape index (κ3) is 5.33. The number of nitrogens with one attached hydrogen (secondary N) is 1. The molecule has 2 aromatic rings. The average Bonchev–Trinajstić information content (AvgIpc) is 2.68. The van der Waals surface area contributed by atoms with Gasteiger partial charge in [0, 0.05) is 31.5 Å². The quantitative estimate of drug-likeness (QED) is 0.541. The maximum atomic E-state index is 11.7. The zero-order valence-corrected chi connectivity index (χ0v) is 17.6. The number of anilines is 1. The lowest BCUT2D eigenvalue weighted by molar-refractivity contribution is -0.384. The van der Waals surface area contributed by atoms with Crippen molar-refractivity contribution in [2.45, 2.75) is 50.2 Å². The number of rotatable bonds is 7. The maximum Gasteiger partial charge on any atom is 0.293 e. The largest absolute Gasteiger partial charge is 0.375 e. The van der Waals surface area contributed by atoms with E-state index in [0.29, 0.717) is 18.3 Å². The van der Waals surface area contributed by atoms with Crippen LogP contribution in [0.3, 0.4) is 0 Å². The van der Waals surface area contributed by atoms with Gasteiger partial charge in [0.15, 0.2) is 9.84 Å². The van der Waals surface area contributed by atoms with Gasteiger partial charge < -0.3 is 5.32 Å². The molecule has 1 N–H and O–H groups in total. The van der Waals surface area contributed by atoms with Crippen molar-refractivity contribution >= 4 is 21.2 Å². The summed E-state index contributed by atoms with van der Waals surface area (Å²) in [6.07, 6.45) is 4.73. The van der Waals surface area contributed by atoms with Crippen molar-refractivity contribution in [3.8, 4) is 0 Å². The highest BCUT2D eigenvalue weighted by molar-refractivity contribution is 7.90. The van der Waals surface area contributed by atoms with E-state index in [2.05, 4.69) is 23.2 Å². The molecule has 8 heteroatoms. The molecule has 156 valence electrons. The van der Waals surface area contributed by atoms with Crippen LogP contribution < -0.4 is 5.32 Å². The smallest absolute Gasteiger partial charge is 0.293 e. The molecule has 1 aliphatic heterocycles. The third-order valence-electron chi connectivity index (χ3n) is 5.50. The van der Waals surface area contributed by atoms with Crippen LogP contribution in [0.15, 0.2) is 47.4 Å². The molecule has 1 aliphatic rings. The zero-order chi connectivity index (χ0) is 21.0. The van der Waals surface area contributed by atoms with Gasteiger partial charge in [-0.1, -0.05) is 30.7 Å². The molecule has 0 saturated carbocycles. The van der Waals surface area contributed by atoms with Crippen molar-refractivity contribution in [2.75, 3.05) is 18.1 Å². The summed E-state index contributed by atoms with van der Waals surface area (Å²) in [6.45, 7) is 4.62. The van der Waals surface area contributed by atoms with Crippen LogP contribution in [0.2, 0.25) is 0 Å². The van der Waals surface area contributed by atoms with Crippen molar-refractivity contribution in [1.29, 1.82) is 0 Å². The summed E-state index contributed by atoms with van der Waals surface area (Å²) in [5.41, 5.74) is 2.34. The van der Waals surface area contributed by atoms with Crippen LogP contribution >= 0.6 is 0 Å². The monoisotopic (exact) mass is 417 g/mol. The average molecular weight is 418 g/mol. The lowest BCUT2D eigenvalue weighted by atomic mass is 10.0. The predicted molar refractivity (Wildman–Crippen MR) is 114 cm³/mol. The Balaban J connectivity index is 1.79. The highest BCUT2D eigenvalue weighted by Gasteiger charge is 2.21. The van der Waals surface area contributed by atoms with Gasteiger partial charge in [-0.2, -0.15) is 0 Å². The fourth-order valence-electron chi connectivity index (χ4n) is 3.73. The Hall–Kier alpha value is -2.45.